The molecule has 0 aromatic rings. The first-order chi connectivity index (χ1) is 4.54. The SMILES string of the molecule is CN(C)OP(=O)(ON)ON. The van der Waals surface area contributed by atoms with E-state index in [0.29, 0.717) is 0 Å². The van der Waals surface area contributed by atoms with Gasteiger partial charge in [0.15, 0.2) is 0 Å². The number of rotatable bonds is 4. The molecule has 0 heterocycles. The van der Waals surface area contributed by atoms with Crippen LogP contribution in [0.4, 0.5) is 0 Å². The van der Waals surface area contributed by atoms with Crippen molar-refractivity contribution in [2.24, 2.45) is 11.8 Å². The van der Waals surface area contributed by atoms with Crippen LogP contribution in [0.5, 0.6) is 0 Å². The van der Waals surface area contributed by atoms with Crippen LogP contribution in [0, 0.1) is 0 Å². The molecule has 0 rings (SSSR count). The molecule has 0 aromatic carbocycles. The van der Waals surface area contributed by atoms with E-state index in [1.165, 1.54) is 14.1 Å². The molecule has 0 aliphatic heterocycles. The number of nitrogens with zero attached hydrogens (tertiary/aromatic N) is 1. The standard InChI is InChI=1S/C2H10N3O4P/c1-5(2)9-10(6,7-3)8-4/h3-4H2,1-2H3. The largest absolute Gasteiger partial charge is 0.524 e. The summed E-state index contributed by atoms with van der Waals surface area (Å²) in [6.45, 7) is 0. The van der Waals surface area contributed by atoms with Crippen LogP contribution >= 0.6 is 7.82 Å². The Hall–Kier alpha value is -0.0100. The quantitative estimate of drug-likeness (QED) is 0.429. The van der Waals surface area contributed by atoms with Crippen molar-refractivity contribution in [2.45, 2.75) is 0 Å². The monoisotopic (exact) mass is 171 g/mol. The predicted octanol–water partition coefficient (Wildman–Crippen LogP) is -0.632. The van der Waals surface area contributed by atoms with E-state index >= 15 is 0 Å². The summed E-state index contributed by atoms with van der Waals surface area (Å²) in [6.07, 6.45) is 0. The first-order valence-electron chi connectivity index (χ1n) is 2.28. The highest BCUT2D eigenvalue weighted by atomic mass is 31.2. The van der Waals surface area contributed by atoms with Crippen molar-refractivity contribution >= 4 is 7.82 Å². The molecule has 7 nitrogen and oxygen atoms in total. The normalized spacial score (nSPS) is 12.5. The fourth-order valence-corrected chi connectivity index (χ4v) is 0.790. The Morgan fingerprint density at radius 2 is 1.70 bits per heavy atom. The maximum absolute atomic E-state index is 10.8. The highest BCUT2D eigenvalue weighted by molar-refractivity contribution is 7.48. The second-order valence-corrected chi connectivity index (χ2v) is 3.03. The van der Waals surface area contributed by atoms with Crippen LogP contribution in [0.3, 0.4) is 0 Å². The minimum Gasteiger partial charge on any atom is -0.223 e. The van der Waals surface area contributed by atoms with Crippen molar-refractivity contribution in [3.05, 3.63) is 0 Å². The molecule has 0 aromatic heterocycles. The molecule has 0 bridgehead atoms. The van der Waals surface area contributed by atoms with Gasteiger partial charge in [0.05, 0.1) is 0 Å². The molecule has 0 fully saturated rings. The fraction of sp³-hybridized carbons (Fsp3) is 1.00. The molecule has 0 spiro atoms. The van der Waals surface area contributed by atoms with Gasteiger partial charge in [-0.2, -0.15) is 18.9 Å². The maximum atomic E-state index is 10.8. The molecule has 10 heavy (non-hydrogen) atoms. The third kappa shape index (κ3) is 3.23. The summed E-state index contributed by atoms with van der Waals surface area (Å²) in [7, 11) is -0.802. The molecule has 0 unspecified atom stereocenters. The third-order valence-corrected chi connectivity index (χ3v) is 1.56. The van der Waals surface area contributed by atoms with Crippen molar-refractivity contribution in [3.8, 4) is 0 Å². The van der Waals surface area contributed by atoms with Crippen molar-refractivity contribution in [1.82, 2.24) is 5.06 Å². The number of nitrogens with two attached hydrogens (primary N) is 2. The molecule has 0 amide bonds. The minimum absolute atomic E-state index is 1.10. The Morgan fingerprint density at radius 3 is 1.80 bits per heavy atom. The maximum Gasteiger partial charge on any atom is 0.524 e. The van der Waals surface area contributed by atoms with Gasteiger partial charge in [0.25, 0.3) is 0 Å². The van der Waals surface area contributed by atoms with Gasteiger partial charge in [0, 0.05) is 14.1 Å². The Balaban J connectivity index is 3.94. The Kier molecular flexibility index (Phi) is 3.99. The zero-order chi connectivity index (χ0) is 8.20. The predicted molar refractivity (Wildman–Crippen MR) is 32.9 cm³/mol. The molecule has 8 heteroatoms. The average Bonchev–Trinajstić information content (AvgIpc) is 1.87. The number of hydrogen-bond acceptors (Lipinski definition) is 7. The van der Waals surface area contributed by atoms with Gasteiger partial charge in [-0.05, 0) is 0 Å². The lowest BCUT2D eigenvalue weighted by molar-refractivity contribution is -0.0512. The highest BCUT2D eigenvalue weighted by Gasteiger charge is 2.26. The van der Waals surface area contributed by atoms with Gasteiger partial charge in [-0.15, -0.1) is 0 Å². The molecule has 0 aliphatic rings. The summed E-state index contributed by atoms with van der Waals surface area (Å²) in [6, 6.07) is 0. The van der Waals surface area contributed by atoms with Gasteiger partial charge >= 0.3 is 7.82 Å². The van der Waals surface area contributed by atoms with Crippen LogP contribution in [0.2, 0.25) is 0 Å². The second-order valence-electron chi connectivity index (χ2n) is 1.55. The van der Waals surface area contributed by atoms with Crippen molar-refractivity contribution in [3.63, 3.8) is 0 Å². The first kappa shape index (κ1) is 9.99. The van der Waals surface area contributed by atoms with Crippen molar-refractivity contribution in [1.29, 1.82) is 0 Å². The summed E-state index contributed by atoms with van der Waals surface area (Å²) >= 11 is 0. The van der Waals surface area contributed by atoms with E-state index in [4.69, 9.17) is 0 Å². The van der Waals surface area contributed by atoms with Crippen LogP contribution in [-0.2, 0) is 18.4 Å². The van der Waals surface area contributed by atoms with Gasteiger partial charge in [-0.1, -0.05) is 0 Å². The van der Waals surface area contributed by atoms with Crippen LogP contribution in [0.15, 0.2) is 0 Å². The Bertz CT molecular complexity index is 130. The van der Waals surface area contributed by atoms with Gasteiger partial charge in [0.2, 0.25) is 0 Å². The lowest BCUT2D eigenvalue weighted by Crippen LogP contribution is -2.16. The summed E-state index contributed by atoms with van der Waals surface area (Å²) in [4.78, 5) is 0. The lowest BCUT2D eigenvalue weighted by Gasteiger charge is -2.14. The molecule has 0 radical (unpaired) electrons. The zero-order valence-corrected chi connectivity index (χ0v) is 6.58. The minimum atomic E-state index is -3.76. The third-order valence-electron chi connectivity index (χ3n) is 0.521. The van der Waals surface area contributed by atoms with Crippen molar-refractivity contribution in [2.75, 3.05) is 14.1 Å². The van der Waals surface area contributed by atoms with E-state index in [1.54, 1.807) is 0 Å². The van der Waals surface area contributed by atoms with Crippen LogP contribution in [-0.4, -0.2) is 19.2 Å². The zero-order valence-electron chi connectivity index (χ0n) is 5.68. The molecular weight excluding hydrogens is 161 g/mol. The highest BCUT2D eigenvalue weighted by Crippen LogP contribution is 2.45. The van der Waals surface area contributed by atoms with E-state index in [0.717, 1.165) is 5.06 Å². The van der Waals surface area contributed by atoms with Crippen molar-refractivity contribution < 1.29 is 18.4 Å². The summed E-state index contributed by atoms with van der Waals surface area (Å²) in [5.41, 5.74) is 0. The molecule has 62 valence electrons. The molecule has 0 aliphatic carbocycles. The summed E-state index contributed by atoms with van der Waals surface area (Å²) in [5.74, 6) is 9.09. The van der Waals surface area contributed by atoms with E-state index in [2.05, 4.69) is 25.7 Å². The molecule has 4 N–H and O–H groups in total. The van der Waals surface area contributed by atoms with Crippen LogP contribution < -0.4 is 11.8 Å². The fourth-order valence-electron chi connectivity index (χ4n) is 0.263. The molecule has 0 saturated heterocycles. The number of hydrogen-bond donors (Lipinski definition) is 2. The van der Waals surface area contributed by atoms with Crippen LogP contribution in [0.25, 0.3) is 0 Å². The molecule has 0 saturated carbocycles. The van der Waals surface area contributed by atoms with Crippen LogP contribution in [0.1, 0.15) is 0 Å². The summed E-state index contributed by atoms with van der Waals surface area (Å²) in [5, 5.41) is 1.10. The van der Waals surface area contributed by atoms with E-state index < -0.39 is 7.82 Å². The number of hydroxylamine groups is 2. The number of phosphoric acid groups is 1. The topological polar surface area (TPSA) is 100 Å². The van der Waals surface area contributed by atoms with Gasteiger partial charge in [0.1, 0.15) is 0 Å². The second kappa shape index (κ2) is 3.99. The van der Waals surface area contributed by atoms with E-state index in [9.17, 15) is 4.57 Å². The molecular formula is C2H10N3O4P. The van der Waals surface area contributed by atoms with E-state index in [1.807, 2.05) is 0 Å². The average molecular weight is 171 g/mol. The first-order valence-corrected chi connectivity index (χ1v) is 3.74. The summed E-state index contributed by atoms with van der Waals surface area (Å²) < 4.78 is 22.9. The van der Waals surface area contributed by atoms with Gasteiger partial charge < -0.3 is 0 Å². The Labute approximate surface area is 58.3 Å². The van der Waals surface area contributed by atoms with E-state index in [-0.39, 0.29) is 0 Å². The lowest BCUT2D eigenvalue weighted by atomic mass is 11.2. The van der Waals surface area contributed by atoms with Gasteiger partial charge in [-0.3, -0.25) is 0 Å². The molecule has 0 atom stereocenters. The smallest absolute Gasteiger partial charge is 0.223 e. The van der Waals surface area contributed by atoms with Gasteiger partial charge in [-0.25, -0.2) is 16.4 Å². The Morgan fingerprint density at radius 1 is 1.30 bits per heavy atom.